The molecular formula is C15H15NO4. The number of aliphatic hydroxyl groups excluding tert-OH is 1. The molecule has 0 radical (unpaired) electrons. The van der Waals surface area contributed by atoms with Crippen LogP contribution in [-0.2, 0) is 0 Å². The summed E-state index contributed by atoms with van der Waals surface area (Å²) in [6.07, 6.45) is 0.184. The highest BCUT2D eigenvalue weighted by atomic mass is 16.6. The maximum absolute atomic E-state index is 10.6. The number of non-ortho nitro benzene ring substituents is 1. The van der Waals surface area contributed by atoms with E-state index in [1.54, 1.807) is 12.1 Å². The van der Waals surface area contributed by atoms with Crippen LogP contribution in [0.3, 0.4) is 0 Å². The molecule has 0 unspecified atom stereocenters. The highest BCUT2D eigenvalue weighted by Gasteiger charge is 2.13. The van der Waals surface area contributed by atoms with Crippen molar-refractivity contribution in [2.75, 3.05) is 6.61 Å². The molecule has 0 saturated heterocycles. The van der Waals surface area contributed by atoms with Crippen molar-refractivity contribution < 1.29 is 14.8 Å². The van der Waals surface area contributed by atoms with E-state index in [9.17, 15) is 10.1 Å². The highest BCUT2D eigenvalue weighted by molar-refractivity contribution is 5.36. The maximum Gasteiger partial charge on any atom is 0.269 e. The van der Waals surface area contributed by atoms with E-state index in [1.807, 2.05) is 30.3 Å². The van der Waals surface area contributed by atoms with E-state index in [2.05, 4.69) is 0 Å². The van der Waals surface area contributed by atoms with Gasteiger partial charge >= 0.3 is 0 Å². The van der Waals surface area contributed by atoms with E-state index in [1.165, 1.54) is 12.1 Å². The van der Waals surface area contributed by atoms with Gasteiger partial charge in [0.15, 0.2) is 0 Å². The van der Waals surface area contributed by atoms with Crippen molar-refractivity contribution in [1.29, 1.82) is 0 Å². The summed E-state index contributed by atoms with van der Waals surface area (Å²) < 4.78 is 5.79. The molecule has 0 aliphatic rings. The van der Waals surface area contributed by atoms with Gasteiger partial charge in [0.1, 0.15) is 11.9 Å². The number of nitrogens with zero attached hydrogens (tertiary/aromatic N) is 1. The van der Waals surface area contributed by atoms with Gasteiger partial charge in [-0.05, 0) is 17.7 Å². The van der Waals surface area contributed by atoms with Gasteiger partial charge in [-0.3, -0.25) is 10.1 Å². The van der Waals surface area contributed by atoms with Crippen molar-refractivity contribution in [3.63, 3.8) is 0 Å². The molecule has 0 heterocycles. The minimum atomic E-state index is -0.452. The van der Waals surface area contributed by atoms with E-state index < -0.39 is 4.92 Å². The predicted octanol–water partition coefficient (Wildman–Crippen LogP) is 3.10. The predicted molar refractivity (Wildman–Crippen MR) is 74.6 cm³/mol. The molecule has 0 aliphatic heterocycles. The van der Waals surface area contributed by atoms with Crippen LogP contribution in [0.15, 0.2) is 54.6 Å². The molecule has 0 aromatic heterocycles. The standard InChI is InChI=1S/C15H15NO4/c17-11-10-15(12-4-2-1-3-5-12)20-14-8-6-13(7-9-14)16(18)19/h1-9,15,17H,10-11H2/t15-/m1/s1. The zero-order valence-electron chi connectivity index (χ0n) is 10.8. The lowest BCUT2D eigenvalue weighted by atomic mass is 10.1. The topological polar surface area (TPSA) is 72.6 Å². The summed E-state index contributed by atoms with van der Waals surface area (Å²) in [5.74, 6) is 0.540. The molecule has 1 atom stereocenters. The van der Waals surface area contributed by atoms with Crippen LogP contribution >= 0.6 is 0 Å². The Kier molecular flexibility index (Phi) is 4.68. The molecule has 2 aromatic carbocycles. The van der Waals surface area contributed by atoms with Gasteiger partial charge in [0.2, 0.25) is 0 Å². The average Bonchev–Trinajstić information content (AvgIpc) is 2.48. The molecular weight excluding hydrogens is 258 g/mol. The molecule has 0 spiro atoms. The van der Waals surface area contributed by atoms with Crippen molar-refractivity contribution in [2.45, 2.75) is 12.5 Å². The summed E-state index contributed by atoms with van der Waals surface area (Å²) in [6, 6.07) is 15.5. The quantitative estimate of drug-likeness (QED) is 0.648. The summed E-state index contributed by atoms with van der Waals surface area (Å²) in [5.41, 5.74) is 0.982. The van der Waals surface area contributed by atoms with Gasteiger partial charge in [0.05, 0.1) is 4.92 Å². The fraction of sp³-hybridized carbons (Fsp3) is 0.200. The van der Waals surface area contributed by atoms with Crippen LogP contribution in [0.25, 0.3) is 0 Å². The van der Waals surface area contributed by atoms with Crippen molar-refractivity contribution in [1.82, 2.24) is 0 Å². The number of rotatable bonds is 6. The third-order valence-electron chi connectivity index (χ3n) is 2.89. The summed E-state index contributed by atoms with van der Waals surface area (Å²) in [4.78, 5) is 10.1. The number of aliphatic hydroxyl groups is 1. The Labute approximate surface area is 116 Å². The summed E-state index contributed by atoms with van der Waals surface area (Å²) in [5, 5.41) is 19.7. The van der Waals surface area contributed by atoms with E-state index >= 15 is 0 Å². The van der Waals surface area contributed by atoms with Crippen LogP contribution in [0.4, 0.5) is 5.69 Å². The first-order valence-electron chi connectivity index (χ1n) is 6.27. The minimum absolute atomic E-state index is 0.00649. The number of ether oxygens (including phenoxy) is 1. The van der Waals surface area contributed by atoms with Crippen molar-refractivity contribution >= 4 is 5.69 Å². The lowest BCUT2D eigenvalue weighted by molar-refractivity contribution is -0.384. The molecule has 0 bridgehead atoms. The van der Waals surface area contributed by atoms with Gasteiger partial charge in [-0.1, -0.05) is 30.3 Å². The molecule has 1 N–H and O–H groups in total. The Morgan fingerprint density at radius 2 is 1.75 bits per heavy atom. The summed E-state index contributed by atoms with van der Waals surface area (Å²) in [7, 11) is 0. The lowest BCUT2D eigenvalue weighted by Crippen LogP contribution is -2.09. The second-order valence-corrected chi connectivity index (χ2v) is 4.28. The van der Waals surface area contributed by atoms with Crippen LogP contribution in [-0.4, -0.2) is 16.6 Å². The fourth-order valence-corrected chi connectivity index (χ4v) is 1.89. The third kappa shape index (κ3) is 3.55. The molecule has 20 heavy (non-hydrogen) atoms. The van der Waals surface area contributed by atoms with E-state index in [0.29, 0.717) is 12.2 Å². The largest absolute Gasteiger partial charge is 0.486 e. The van der Waals surface area contributed by atoms with Gasteiger partial charge in [-0.15, -0.1) is 0 Å². The van der Waals surface area contributed by atoms with Crippen LogP contribution in [0, 0.1) is 10.1 Å². The molecule has 2 aromatic rings. The van der Waals surface area contributed by atoms with Crippen LogP contribution in [0.1, 0.15) is 18.1 Å². The van der Waals surface area contributed by atoms with E-state index in [4.69, 9.17) is 9.84 Å². The number of benzene rings is 2. The summed E-state index contributed by atoms with van der Waals surface area (Å²) >= 11 is 0. The molecule has 0 amide bonds. The van der Waals surface area contributed by atoms with Crippen molar-refractivity contribution in [3.05, 3.63) is 70.3 Å². The number of nitro benzene ring substituents is 1. The Morgan fingerprint density at radius 1 is 1.10 bits per heavy atom. The first kappa shape index (κ1) is 14.0. The Balaban J connectivity index is 2.14. The third-order valence-corrected chi connectivity index (χ3v) is 2.89. The normalized spacial score (nSPS) is 11.8. The monoisotopic (exact) mass is 273 g/mol. The average molecular weight is 273 g/mol. The molecule has 0 aliphatic carbocycles. The minimum Gasteiger partial charge on any atom is -0.486 e. The van der Waals surface area contributed by atoms with E-state index in [-0.39, 0.29) is 18.4 Å². The molecule has 5 nitrogen and oxygen atoms in total. The lowest BCUT2D eigenvalue weighted by Gasteiger charge is -2.18. The van der Waals surface area contributed by atoms with Gasteiger partial charge in [-0.2, -0.15) is 0 Å². The molecule has 5 heteroatoms. The maximum atomic E-state index is 10.6. The zero-order valence-corrected chi connectivity index (χ0v) is 10.8. The Bertz CT molecular complexity index is 554. The van der Waals surface area contributed by atoms with Gasteiger partial charge < -0.3 is 9.84 Å². The van der Waals surface area contributed by atoms with Gasteiger partial charge in [0, 0.05) is 25.2 Å². The van der Waals surface area contributed by atoms with Gasteiger partial charge in [0.25, 0.3) is 5.69 Å². The van der Waals surface area contributed by atoms with Crippen molar-refractivity contribution in [2.24, 2.45) is 0 Å². The van der Waals surface area contributed by atoms with Crippen LogP contribution in [0.2, 0.25) is 0 Å². The number of hydrogen-bond donors (Lipinski definition) is 1. The second-order valence-electron chi connectivity index (χ2n) is 4.28. The molecule has 0 fully saturated rings. The van der Waals surface area contributed by atoms with Crippen LogP contribution in [0.5, 0.6) is 5.75 Å². The SMILES string of the molecule is O=[N+]([O-])c1ccc(O[C@H](CCO)c2ccccc2)cc1. The van der Waals surface area contributed by atoms with Crippen LogP contribution < -0.4 is 4.74 Å². The van der Waals surface area contributed by atoms with Gasteiger partial charge in [-0.25, -0.2) is 0 Å². The number of hydrogen-bond acceptors (Lipinski definition) is 4. The zero-order chi connectivity index (χ0) is 14.4. The second kappa shape index (κ2) is 6.68. The van der Waals surface area contributed by atoms with E-state index in [0.717, 1.165) is 5.56 Å². The first-order chi connectivity index (χ1) is 9.70. The fourth-order valence-electron chi connectivity index (χ4n) is 1.89. The summed E-state index contributed by atoms with van der Waals surface area (Å²) in [6.45, 7) is 0.00649. The molecule has 104 valence electrons. The smallest absolute Gasteiger partial charge is 0.269 e. The molecule has 0 saturated carbocycles. The Morgan fingerprint density at radius 3 is 2.30 bits per heavy atom. The number of nitro groups is 1. The van der Waals surface area contributed by atoms with Crippen molar-refractivity contribution in [3.8, 4) is 5.75 Å². The molecule has 2 rings (SSSR count). The Hall–Kier alpha value is -2.40. The highest BCUT2D eigenvalue weighted by Crippen LogP contribution is 2.26. The first-order valence-corrected chi connectivity index (χ1v) is 6.27.